The van der Waals surface area contributed by atoms with Gasteiger partial charge >= 0.3 is 5.97 Å². The highest BCUT2D eigenvalue weighted by Gasteiger charge is 2.15. The zero-order valence-electron chi connectivity index (χ0n) is 7.07. The first-order valence-electron chi connectivity index (χ1n) is 3.83. The van der Waals surface area contributed by atoms with E-state index in [2.05, 4.69) is 4.74 Å². The van der Waals surface area contributed by atoms with E-state index >= 15 is 0 Å². The normalized spacial score (nSPS) is 13.3. The molecule has 1 aromatic heterocycles. The largest absolute Gasteiger partial charge is 0.488 e. The molecule has 0 atom stereocenters. The predicted molar refractivity (Wildman–Crippen MR) is 50.2 cm³/mol. The average Bonchev–Trinajstić information content (AvgIpc) is 2.59. The lowest BCUT2D eigenvalue weighted by Gasteiger charge is -2.05. The summed E-state index contributed by atoms with van der Waals surface area (Å²) in [7, 11) is 1.37. The second-order valence-corrected chi connectivity index (χ2v) is 3.63. The third kappa shape index (κ3) is 1.45. The molecule has 0 aliphatic carbocycles. The quantitative estimate of drug-likeness (QED) is 0.644. The van der Waals surface area contributed by atoms with E-state index in [0.717, 1.165) is 10.6 Å². The number of hydrogen-bond donors (Lipinski definition) is 0. The number of fused-ring (bicyclic) bond motifs is 1. The van der Waals surface area contributed by atoms with Crippen molar-refractivity contribution in [1.82, 2.24) is 0 Å². The van der Waals surface area contributed by atoms with Gasteiger partial charge in [-0.15, -0.1) is 11.3 Å². The highest BCUT2D eigenvalue weighted by Crippen LogP contribution is 2.32. The first-order chi connectivity index (χ1) is 6.31. The van der Waals surface area contributed by atoms with Gasteiger partial charge < -0.3 is 9.47 Å². The van der Waals surface area contributed by atoms with Crippen LogP contribution in [0.5, 0.6) is 5.75 Å². The minimum absolute atomic E-state index is 0.309. The Labute approximate surface area is 79.6 Å². The Bertz CT molecular complexity index is 365. The Kier molecular flexibility index (Phi) is 2.06. The molecule has 0 spiro atoms. The van der Waals surface area contributed by atoms with Crippen LogP contribution in [0.1, 0.15) is 14.5 Å². The number of carbonyl (C=O) groups is 1. The molecule has 1 aliphatic heterocycles. The van der Waals surface area contributed by atoms with Crippen molar-refractivity contribution >= 4 is 23.4 Å². The van der Waals surface area contributed by atoms with E-state index < -0.39 is 0 Å². The third-order valence-corrected chi connectivity index (χ3v) is 2.78. The van der Waals surface area contributed by atoms with Crippen molar-refractivity contribution in [1.29, 1.82) is 0 Å². The second-order valence-electron chi connectivity index (χ2n) is 2.54. The Balaban J connectivity index is 2.36. The van der Waals surface area contributed by atoms with E-state index in [1.165, 1.54) is 18.4 Å². The maximum atomic E-state index is 11.1. The lowest BCUT2D eigenvalue weighted by atomic mass is 10.3. The Morgan fingerprint density at radius 2 is 2.54 bits per heavy atom. The number of hydrogen-bond acceptors (Lipinski definition) is 4. The third-order valence-electron chi connectivity index (χ3n) is 1.72. The van der Waals surface area contributed by atoms with Gasteiger partial charge in [0.2, 0.25) is 0 Å². The molecule has 0 bridgehead atoms. The molecule has 0 saturated carbocycles. The molecule has 1 aromatic rings. The van der Waals surface area contributed by atoms with E-state index in [0.29, 0.717) is 11.5 Å². The van der Waals surface area contributed by atoms with Gasteiger partial charge in [-0.05, 0) is 12.2 Å². The van der Waals surface area contributed by atoms with Crippen LogP contribution in [-0.4, -0.2) is 19.7 Å². The van der Waals surface area contributed by atoms with Crippen LogP contribution in [0, 0.1) is 0 Å². The topological polar surface area (TPSA) is 35.5 Å². The van der Waals surface area contributed by atoms with Gasteiger partial charge in [0.25, 0.3) is 0 Å². The number of rotatable bonds is 1. The molecule has 0 amide bonds. The van der Waals surface area contributed by atoms with Crippen molar-refractivity contribution in [2.24, 2.45) is 0 Å². The van der Waals surface area contributed by atoms with Gasteiger partial charge in [-0.1, -0.05) is 0 Å². The van der Waals surface area contributed by atoms with Crippen molar-refractivity contribution < 1.29 is 14.3 Å². The fourth-order valence-corrected chi connectivity index (χ4v) is 2.06. The van der Waals surface area contributed by atoms with Crippen molar-refractivity contribution in [3.63, 3.8) is 0 Å². The molecule has 68 valence electrons. The van der Waals surface area contributed by atoms with Crippen LogP contribution >= 0.6 is 11.3 Å². The molecule has 2 rings (SSSR count). The molecule has 2 heterocycles. The molecule has 0 saturated heterocycles. The average molecular weight is 196 g/mol. The maximum absolute atomic E-state index is 11.1. The summed E-state index contributed by atoms with van der Waals surface area (Å²) in [5.41, 5.74) is 0. The lowest BCUT2D eigenvalue weighted by molar-refractivity contribution is 0.0606. The van der Waals surface area contributed by atoms with Gasteiger partial charge in [-0.25, -0.2) is 4.79 Å². The summed E-state index contributed by atoms with van der Waals surface area (Å²) in [4.78, 5) is 12.7. The molecule has 0 aromatic carbocycles. The molecule has 0 unspecified atom stereocenters. The summed E-state index contributed by atoms with van der Waals surface area (Å²) < 4.78 is 9.92. The summed E-state index contributed by atoms with van der Waals surface area (Å²) in [6.45, 7) is 0.574. The SMILES string of the molecule is COC(=O)c1cc2c(s1)C=CCO2. The zero-order valence-corrected chi connectivity index (χ0v) is 7.89. The van der Waals surface area contributed by atoms with Gasteiger partial charge in [0, 0.05) is 6.07 Å². The first-order valence-corrected chi connectivity index (χ1v) is 4.64. The van der Waals surface area contributed by atoms with Crippen LogP contribution in [0.15, 0.2) is 12.1 Å². The molecule has 13 heavy (non-hydrogen) atoms. The number of carbonyl (C=O) groups excluding carboxylic acids is 1. The van der Waals surface area contributed by atoms with Gasteiger partial charge in [0.1, 0.15) is 17.2 Å². The second kappa shape index (κ2) is 3.22. The van der Waals surface area contributed by atoms with E-state index in [4.69, 9.17) is 4.74 Å². The summed E-state index contributed by atoms with van der Waals surface area (Å²) in [6.07, 6.45) is 3.87. The molecule has 0 radical (unpaired) electrons. The molecule has 0 N–H and O–H groups in total. The molecule has 1 aliphatic rings. The Morgan fingerprint density at radius 3 is 3.23 bits per heavy atom. The van der Waals surface area contributed by atoms with Crippen LogP contribution in [-0.2, 0) is 4.74 Å². The standard InChI is InChI=1S/C9H8O3S/c1-11-9(10)8-5-6-7(13-8)3-2-4-12-6/h2-3,5H,4H2,1H3. The number of ether oxygens (including phenoxy) is 2. The summed E-state index contributed by atoms with van der Waals surface area (Å²) in [5, 5.41) is 0. The lowest BCUT2D eigenvalue weighted by Crippen LogP contribution is -1.98. The highest BCUT2D eigenvalue weighted by molar-refractivity contribution is 7.15. The van der Waals surface area contributed by atoms with E-state index in [9.17, 15) is 4.79 Å². The van der Waals surface area contributed by atoms with E-state index in [-0.39, 0.29) is 5.97 Å². The van der Waals surface area contributed by atoms with Crippen LogP contribution in [0.4, 0.5) is 0 Å². The zero-order chi connectivity index (χ0) is 9.26. The summed E-state index contributed by atoms with van der Waals surface area (Å²) >= 11 is 1.38. The minimum Gasteiger partial charge on any atom is -0.488 e. The fraction of sp³-hybridized carbons (Fsp3) is 0.222. The van der Waals surface area contributed by atoms with Gasteiger partial charge in [-0.3, -0.25) is 0 Å². The Hall–Kier alpha value is -1.29. The van der Waals surface area contributed by atoms with Gasteiger partial charge in [0.15, 0.2) is 0 Å². The van der Waals surface area contributed by atoms with Crippen LogP contribution in [0.2, 0.25) is 0 Å². The maximum Gasteiger partial charge on any atom is 0.348 e. The van der Waals surface area contributed by atoms with Gasteiger partial charge in [-0.2, -0.15) is 0 Å². The van der Waals surface area contributed by atoms with Crippen molar-refractivity contribution in [2.45, 2.75) is 0 Å². The number of methoxy groups -OCH3 is 1. The van der Waals surface area contributed by atoms with Crippen molar-refractivity contribution in [2.75, 3.05) is 13.7 Å². The minimum atomic E-state index is -0.309. The van der Waals surface area contributed by atoms with Crippen LogP contribution in [0.25, 0.3) is 6.08 Å². The molecule has 4 heteroatoms. The molecule has 0 fully saturated rings. The summed E-state index contributed by atoms with van der Waals surface area (Å²) in [6, 6.07) is 1.72. The monoisotopic (exact) mass is 196 g/mol. The molecule has 3 nitrogen and oxygen atoms in total. The highest BCUT2D eigenvalue weighted by atomic mass is 32.1. The summed E-state index contributed by atoms with van der Waals surface area (Å²) in [5.74, 6) is 0.462. The first kappa shape index (κ1) is 8.31. The predicted octanol–water partition coefficient (Wildman–Crippen LogP) is 1.94. The molecular formula is C9H8O3S. The van der Waals surface area contributed by atoms with Crippen molar-refractivity contribution in [3.05, 3.63) is 21.9 Å². The Morgan fingerprint density at radius 1 is 1.69 bits per heavy atom. The van der Waals surface area contributed by atoms with Crippen LogP contribution in [0.3, 0.4) is 0 Å². The van der Waals surface area contributed by atoms with Crippen molar-refractivity contribution in [3.8, 4) is 5.75 Å². The smallest absolute Gasteiger partial charge is 0.348 e. The van der Waals surface area contributed by atoms with Crippen LogP contribution < -0.4 is 4.74 Å². The van der Waals surface area contributed by atoms with Gasteiger partial charge in [0.05, 0.1) is 12.0 Å². The molecular weight excluding hydrogens is 188 g/mol. The van der Waals surface area contributed by atoms with E-state index in [1.54, 1.807) is 6.07 Å². The number of esters is 1. The van der Waals surface area contributed by atoms with E-state index in [1.807, 2.05) is 12.2 Å². The number of thiophene rings is 1. The fourth-order valence-electron chi connectivity index (χ4n) is 1.11.